The molecule has 1 rings (SSSR count). The molecule has 104 valence electrons. The van der Waals surface area contributed by atoms with Crippen LogP contribution < -0.4 is 4.31 Å². The highest BCUT2D eigenvalue weighted by Crippen LogP contribution is 2.21. The lowest BCUT2D eigenvalue weighted by atomic mass is 10.1. The van der Waals surface area contributed by atoms with Gasteiger partial charge < -0.3 is 4.74 Å². The summed E-state index contributed by atoms with van der Waals surface area (Å²) in [5.41, 5.74) is 0.602. The molecule has 0 atom stereocenters. The Kier molecular flexibility index (Phi) is 4.31. The smallest absolute Gasteiger partial charge is 0.337 e. The van der Waals surface area contributed by atoms with Crippen molar-refractivity contribution in [2.24, 2.45) is 0 Å². The number of carbonyl (C=O) groups is 2. The fourth-order valence-corrected chi connectivity index (χ4v) is 1.91. The molecule has 1 aromatic carbocycles. The fourth-order valence-electron chi connectivity index (χ4n) is 1.42. The van der Waals surface area contributed by atoms with Crippen molar-refractivity contribution < 1.29 is 22.7 Å². The maximum absolute atomic E-state index is 11.5. The minimum absolute atomic E-state index is 0.126. The maximum atomic E-state index is 11.5. The van der Waals surface area contributed by atoms with Gasteiger partial charge in [0.1, 0.15) is 0 Å². The molecule has 0 bridgehead atoms. The van der Waals surface area contributed by atoms with Gasteiger partial charge in [-0.2, -0.15) is 0 Å². The lowest BCUT2D eigenvalue weighted by Gasteiger charge is -2.18. The van der Waals surface area contributed by atoms with Gasteiger partial charge >= 0.3 is 5.97 Å². The Morgan fingerprint density at radius 1 is 1.16 bits per heavy atom. The molecule has 1 aromatic rings. The third-order valence-electron chi connectivity index (χ3n) is 2.61. The molecule has 0 saturated carbocycles. The number of esters is 1. The maximum Gasteiger partial charge on any atom is 0.337 e. The van der Waals surface area contributed by atoms with E-state index in [2.05, 4.69) is 4.74 Å². The molecular weight excluding hydrogens is 270 g/mol. The molecule has 6 nitrogen and oxygen atoms in total. The summed E-state index contributed by atoms with van der Waals surface area (Å²) in [6.07, 6.45) is 1.03. The Labute approximate surface area is 112 Å². The van der Waals surface area contributed by atoms with Gasteiger partial charge in [0.2, 0.25) is 10.0 Å². The van der Waals surface area contributed by atoms with E-state index in [1.807, 2.05) is 0 Å². The van der Waals surface area contributed by atoms with Gasteiger partial charge in [0.15, 0.2) is 5.78 Å². The van der Waals surface area contributed by atoms with Gasteiger partial charge in [0.05, 0.1) is 24.6 Å². The average Bonchev–Trinajstić information content (AvgIpc) is 2.35. The van der Waals surface area contributed by atoms with E-state index in [-0.39, 0.29) is 22.6 Å². The van der Waals surface area contributed by atoms with E-state index in [4.69, 9.17) is 0 Å². The summed E-state index contributed by atoms with van der Waals surface area (Å²) in [4.78, 5) is 22.9. The van der Waals surface area contributed by atoms with Crippen LogP contribution in [0.3, 0.4) is 0 Å². The Balaban J connectivity index is 3.44. The Hall–Kier alpha value is -1.89. The molecule has 0 amide bonds. The van der Waals surface area contributed by atoms with Gasteiger partial charge in [0.25, 0.3) is 0 Å². The number of nitrogens with zero attached hydrogens (tertiary/aromatic N) is 1. The lowest BCUT2D eigenvalue weighted by molar-refractivity contribution is 0.0600. The molecule has 0 aliphatic rings. The molecule has 0 N–H and O–H groups in total. The molecule has 0 aliphatic heterocycles. The van der Waals surface area contributed by atoms with Crippen LogP contribution in [0, 0.1) is 0 Å². The van der Waals surface area contributed by atoms with Gasteiger partial charge in [-0.25, -0.2) is 13.2 Å². The predicted molar refractivity (Wildman–Crippen MR) is 71.0 cm³/mol. The summed E-state index contributed by atoms with van der Waals surface area (Å²) in [7, 11) is -0.924. The van der Waals surface area contributed by atoms with Gasteiger partial charge in [-0.3, -0.25) is 9.10 Å². The third-order valence-corrected chi connectivity index (χ3v) is 3.81. The summed E-state index contributed by atoms with van der Waals surface area (Å²) in [5, 5.41) is 0. The van der Waals surface area contributed by atoms with Crippen molar-refractivity contribution in [3.63, 3.8) is 0 Å². The molecule has 0 spiro atoms. The van der Waals surface area contributed by atoms with E-state index >= 15 is 0 Å². The number of Topliss-reactive ketones (excluding diaryl/α,β-unsaturated/α-hetero) is 1. The van der Waals surface area contributed by atoms with Crippen molar-refractivity contribution in [3.05, 3.63) is 29.3 Å². The Bertz CT molecular complexity index is 621. The average molecular weight is 285 g/mol. The first-order chi connectivity index (χ1) is 8.66. The van der Waals surface area contributed by atoms with Gasteiger partial charge in [-0.15, -0.1) is 0 Å². The zero-order valence-corrected chi connectivity index (χ0v) is 11.9. The van der Waals surface area contributed by atoms with Crippen LogP contribution in [-0.2, 0) is 14.8 Å². The number of hydrogen-bond acceptors (Lipinski definition) is 5. The van der Waals surface area contributed by atoms with Gasteiger partial charge in [-0.05, 0) is 25.1 Å². The second-order valence-corrected chi connectivity index (χ2v) is 6.06. The van der Waals surface area contributed by atoms with E-state index in [1.165, 1.54) is 39.3 Å². The molecule has 0 fully saturated rings. The SMILES string of the molecule is COC(=O)c1cc(C(C)=O)cc(N(C)S(C)(=O)=O)c1. The van der Waals surface area contributed by atoms with Crippen LogP contribution in [-0.4, -0.2) is 40.6 Å². The minimum atomic E-state index is -3.48. The van der Waals surface area contributed by atoms with E-state index in [9.17, 15) is 18.0 Å². The van der Waals surface area contributed by atoms with Crippen molar-refractivity contribution in [1.82, 2.24) is 0 Å². The first-order valence-electron chi connectivity index (χ1n) is 5.35. The number of rotatable bonds is 4. The number of anilines is 1. The van der Waals surface area contributed by atoms with Crippen molar-refractivity contribution in [2.45, 2.75) is 6.92 Å². The van der Waals surface area contributed by atoms with Crippen LogP contribution in [0.25, 0.3) is 0 Å². The molecule has 0 aromatic heterocycles. The zero-order valence-electron chi connectivity index (χ0n) is 11.1. The summed E-state index contributed by atoms with van der Waals surface area (Å²) >= 11 is 0. The third kappa shape index (κ3) is 3.54. The highest BCUT2D eigenvalue weighted by Gasteiger charge is 2.17. The molecule has 19 heavy (non-hydrogen) atoms. The zero-order chi connectivity index (χ0) is 14.8. The first-order valence-corrected chi connectivity index (χ1v) is 7.20. The number of ketones is 1. The lowest BCUT2D eigenvalue weighted by Crippen LogP contribution is -2.25. The molecule has 0 aliphatic carbocycles. The Morgan fingerprint density at radius 2 is 1.68 bits per heavy atom. The van der Waals surface area contributed by atoms with Crippen molar-refractivity contribution in [3.8, 4) is 0 Å². The molecular formula is C12H15NO5S. The van der Waals surface area contributed by atoms with Gasteiger partial charge in [0, 0.05) is 12.6 Å². The highest BCUT2D eigenvalue weighted by atomic mass is 32.2. The normalized spacial score (nSPS) is 10.9. The standard InChI is InChI=1S/C12H15NO5S/c1-8(14)9-5-10(12(15)18-3)7-11(6-9)13(2)19(4,16)17/h5-7H,1-4H3. The number of ether oxygens (including phenoxy) is 1. The van der Waals surface area contributed by atoms with E-state index in [1.54, 1.807) is 0 Å². The highest BCUT2D eigenvalue weighted by molar-refractivity contribution is 7.92. The topological polar surface area (TPSA) is 80.8 Å². The molecule has 0 radical (unpaired) electrons. The number of carbonyl (C=O) groups excluding carboxylic acids is 2. The number of sulfonamides is 1. The monoisotopic (exact) mass is 285 g/mol. The molecule has 0 saturated heterocycles. The second kappa shape index (κ2) is 5.40. The molecule has 0 unspecified atom stereocenters. The molecule has 0 heterocycles. The first kappa shape index (κ1) is 15.2. The van der Waals surface area contributed by atoms with Crippen molar-refractivity contribution in [1.29, 1.82) is 0 Å². The van der Waals surface area contributed by atoms with Crippen LogP contribution in [0.4, 0.5) is 5.69 Å². The van der Waals surface area contributed by atoms with Crippen LogP contribution in [0.1, 0.15) is 27.6 Å². The number of methoxy groups -OCH3 is 1. The number of hydrogen-bond donors (Lipinski definition) is 0. The largest absolute Gasteiger partial charge is 0.465 e. The number of benzene rings is 1. The minimum Gasteiger partial charge on any atom is -0.465 e. The van der Waals surface area contributed by atoms with Crippen LogP contribution in [0.15, 0.2) is 18.2 Å². The van der Waals surface area contributed by atoms with Crippen LogP contribution in [0.2, 0.25) is 0 Å². The van der Waals surface area contributed by atoms with Gasteiger partial charge in [-0.1, -0.05) is 0 Å². The predicted octanol–water partition coefficient (Wildman–Crippen LogP) is 1.07. The summed E-state index contributed by atoms with van der Waals surface area (Å²) < 4.78 is 28.5. The van der Waals surface area contributed by atoms with Crippen LogP contribution >= 0.6 is 0 Å². The summed E-state index contributed by atoms with van der Waals surface area (Å²) in [5.74, 6) is -0.903. The Morgan fingerprint density at radius 3 is 2.11 bits per heavy atom. The van der Waals surface area contributed by atoms with Crippen molar-refractivity contribution >= 4 is 27.5 Å². The quantitative estimate of drug-likeness (QED) is 0.610. The fraction of sp³-hybridized carbons (Fsp3) is 0.333. The molecule has 7 heteroatoms. The second-order valence-electron chi connectivity index (χ2n) is 4.05. The summed E-state index contributed by atoms with van der Waals surface area (Å²) in [6, 6.07) is 4.14. The van der Waals surface area contributed by atoms with E-state index in [0.717, 1.165) is 10.6 Å². The summed E-state index contributed by atoms with van der Waals surface area (Å²) in [6.45, 7) is 1.33. The van der Waals surface area contributed by atoms with Crippen LogP contribution in [0.5, 0.6) is 0 Å². The van der Waals surface area contributed by atoms with E-state index in [0.29, 0.717) is 0 Å². The van der Waals surface area contributed by atoms with E-state index < -0.39 is 16.0 Å². The van der Waals surface area contributed by atoms with Crippen molar-refractivity contribution in [2.75, 3.05) is 24.7 Å².